The lowest BCUT2D eigenvalue weighted by Gasteiger charge is -2.29. The number of nitrogens with two attached hydrogens (primary N) is 1. The molecule has 3 amide bonds. The average molecular weight is 379 g/mol. The van der Waals surface area contributed by atoms with Crippen LogP contribution in [0.5, 0.6) is 0 Å². The van der Waals surface area contributed by atoms with Gasteiger partial charge in [-0.3, -0.25) is 14.4 Å². The van der Waals surface area contributed by atoms with Gasteiger partial charge >= 0.3 is 0 Å². The first-order chi connectivity index (χ1) is 13.3. The number of benzene rings is 2. The molecule has 146 valence electrons. The molecule has 0 fully saturated rings. The zero-order valence-corrected chi connectivity index (χ0v) is 16.2. The van der Waals surface area contributed by atoms with Gasteiger partial charge in [0, 0.05) is 26.2 Å². The maximum atomic E-state index is 13.4. The van der Waals surface area contributed by atoms with Gasteiger partial charge in [-0.1, -0.05) is 48.5 Å². The Labute approximate surface area is 164 Å². The van der Waals surface area contributed by atoms with Crippen molar-refractivity contribution < 1.29 is 14.4 Å². The van der Waals surface area contributed by atoms with Crippen molar-refractivity contribution in [2.45, 2.75) is 24.7 Å². The number of carbonyl (C=O) groups excluding carboxylic acids is 3. The first-order valence-electron chi connectivity index (χ1n) is 9.29. The van der Waals surface area contributed by atoms with Crippen LogP contribution in [0.25, 0.3) is 0 Å². The number of anilines is 1. The normalized spacial score (nSPS) is 18.1. The summed E-state index contributed by atoms with van der Waals surface area (Å²) in [6.07, 6.45) is 1.04. The molecule has 1 aliphatic rings. The van der Waals surface area contributed by atoms with Crippen LogP contribution in [-0.2, 0) is 26.2 Å². The van der Waals surface area contributed by atoms with Gasteiger partial charge in [0.2, 0.25) is 17.7 Å². The zero-order valence-electron chi connectivity index (χ0n) is 16.2. The quantitative estimate of drug-likeness (QED) is 0.797. The highest BCUT2D eigenvalue weighted by atomic mass is 16.2. The SMILES string of the molecule is CN(CC(N)=O)C(=O)CC[C@]1(Cc2ccccc2)C(=O)N(C)c2ccccc21. The van der Waals surface area contributed by atoms with E-state index in [1.165, 1.54) is 4.90 Å². The van der Waals surface area contributed by atoms with Crippen molar-refractivity contribution in [1.82, 2.24) is 4.90 Å². The highest BCUT2D eigenvalue weighted by Gasteiger charge is 2.49. The monoisotopic (exact) mass is 379 g/mol. The van der Waals surface area contributed by atoms with Crippen LogP contribution in [0.1, 0.15) is 24.0 Å². The van der Waals surface area contributed by atoms with Crippen molar-refractivity contribution in [2.75, 3.05) is 25.5 Å². The van der Waals surface area contributed by atoms with Gasteiger partial charge in [0.25, 0.3) is 0 Å². The molecule has 2 aromatic carbocycles. The van der Waals surface area contributed by atoms with Gasteiger partial charge in [0.05, 0.1) is 12.0 Å². The third-order valence-electron chi connectivity index (χ3n) is 5.43. The van der Waals surface area contributed by atoms with Crippen molar-refractivity contribution in [2.24, 2.45) is 5.73 Å². The van der Waals surface area contributed by atoms with Crippen LogP contribution in [-0.4, -0.2) is 43.3 Å². The van der Waals surface area contributed by atoms with Crippen LogP contribution in [0.3, 0.4) is 0 Å². The van der Waals surface area contributed by atoms with Gasteiger partial charge in [0.15, 0.2) is 0 Å². The fourth-order valence-corrected chi connectivity index (χ4v) is 3.99. The summed E-state index contributed by atoms with van der Waals surface area (Å²) in [4.78, 5) is 40.0. The summed E-state index contributed by atoms with van der Waals surface area (Å²) in [6, 6.07) is 17.6. The third-order valence-corrected chi connectivity index (χ3v) is 5.43. The van der Waals surface area contributed by atoms with E-state index in [4.69, 9.17) is 5.73 Å². The average Bonchev–Trinajstić information content (AvgIpc) is 2.89. The maximum Gasteiger partial charge on any atom is 0.237 e. The Balaban J connectivity index is 1.94. The lowest BCUT2D eigenvalue weighted by atomic mass is 9.73. The number of carbonyl (C=O) groups is 3. The first kappa shape index (κ1) is 19.6. The Kier molecular flexibility index (Phi) is 5.49. The third kappa shape index (κ3) is 3.63. The predicted octanol–water partition coefficient (Wildman–Crippen LogP) is 1.87. The van der Waals surface area contributed by atoms with Crippen molar-refractivity contribution in [3.05, 3.63) is 65.7 Å². The molecule has 1 atom stereocenters. The van der Waals surface area contributed by atoms with Gasteiger partial charge in [-0.15, -0.1) is 0 Å². The largest absolute Gasteiger partial charge is 0.368 e. The molecule has 28 heavy (non-hydrogen) atoms. The summed E-state index contributed by atoms with van der Waals surface area (Å²) < 4.78 is 0. The van der Waals surface area contributed by atoms with Crippen molar-refractivity contribution in [3.8, 4) is 0 Å². The van der Waals surface area contributed by atoms with E-state index >= 15 is 0 Å². The number of hydrogen-bond acceptors (Lipinski definition) is 3. The molecular weight excluding hydrogens is 354 g/mol. The number of fused-ring (bicyclic) bond motifs is 1. The van der Waals surface area contributed by atoms with E-state index in [0.29, 0.717) is 12.8 Å². The van der Waals surface area contributed by atoms with E-state index in [1.807, 2.05) is 54.6 Å². The minimum Gasteiger partial charge on any atom is -0.368 e. The van der Waals surface area contributed by atoms with Crippen LogP contribution in [0.2, 0.25) is 0 Å². The molecule has 0 unspecified atom stereocenters. The summed E-state index contributed by atoms with van der Waals surface area (Å²) >= 11 is 0. The standard InChI is InChI=1S/C22H25N3O3/c1-24(15-19(23)26)20(27)12-13-22(14-16-8-4-3-5-9-16)17-10-6-7-11-18(17)25(2)21(22)28/h3-11H,12-15H2,1-2H3,(H2,23,26)/t22-/m1/s1. The second kappa shape index (κ2) is 7.84. The molecule has 0 saturated heterocycles. The van der Waals surface area contributed by atoms with Gasteiger partial charge in [-0.05, 0) is 30.0 Å². The van der Waals surface area contributed by atoms with Gasteiger partial charge in [-0.2, -0.15) is 0 Å². The number of para-hydroxylation sites is 1. The summed E-state index contributed by atoms with van der Waals surface area (Å²) in [7, 11) is 3.32. The van der Waals surface area contributed by atoms with Gasteiger partial charge in [0.1, 0.15) is 0 Å². The molecule has 0 saturated carbocycles. The number of hydrogen-bond donors (Lipinski definition) is 1. The fourth-order valence-electron chi connectivity index (χ4n) is 3.99. The minimum absolute atomic E-state index is 0.0112. The number of nitrogens with zero attached hydrogens (tertiary/aromatic N) is 2. The smallest absolute Gasteiger partial charge is 0.237 e. The molecule has 6 heteroatoms. The van der Waals surface area contributed by atoms with Gasteiger partial charge < -0.3 is 15.5 Å². The van der Waals surface area contributed by atoms with E-state index < -0.39 is 11.3 Å². The number of amides is 3. The second-order valence-corrected chi connectivity index (χ2v) is 7.34. The fraction of sp³-hybridized carbons (Fsp3) is 0.318. The van der Waals surface area contributed by atoms with E-state index in [2.05, 4.69) is 0 Å². The first-order valence-corrected chi connectivity index (χ1v) is 9.29. The predicted molar refractivity (Wildman–Crippen MR) is 108 cm³/mol. The molecule has 2 aromatic rings. The summed E-state index contributed by atoms with van der Waals surface area (Å²) in [5.74, 6) is -0.772. The molecule has 0 aromatic heterocycles. The van der Waals surface area contributed by atoms with E-state index in [9.17, 15) is 14.4 Å². The van der Waals surface area contributed by atoms with Crippen molar-refractivity contribution in [1.29, 1.82) is 0 Å². The number of primary amides is 1. The molecule has 1 aliphatic heterocycles. The van der Waals surface area contributed by atoms with Gasteiger partial charge in [-0.25, -0.2) is 0 Å². The van der Waals surface area contributed by atoms with Crippen LogP contribution in [0.4, 0.5) is 5.69 Å². The zero-order chi connectivity index (χ0) is 20.3. The van der Waals surface area contributed by atoms with Crippen LogP contribution >= 0.6 is 0 Å². The topological polar surface area (TPSA) is 83.7 Å². The Morgan fingerprint density at radius 2 is 1.71 bits per heavy atom. The summed E-state index contributed by atoms with van der Waals surface area (Å²) in [6.45, 7) is -0.130. The van der Waals surface area contributed by atoms with Crippen molar-refractivity contribution in [3.63, 3.8) is 0 Å². The Morgan fingerprint density at radius 3 is 2.39 bits per heavy atom. The minimum atomic E-state index is -0.810. The summed E-state index contributed by atoms with van der Waals surface area (Å²) in [5, 5.41) is 0. The molecule has 0 aliphatic carbocycles. The lowest BCUT2D eigenvalue weighted by molar-refractivity contribution is -0.134. The number of rotatable bonds is 7. The Morgan fingerprint density at radius 1 is 1.07 bits per heavy atom. The summed E-state index contributed by atoms with van der Waals surface area (Å²) in [5.41, 5.74) is 7.24. The molecular formula is C22H25N3O3. The molecule has 6 nitrogen and oxygen atoms in total. The Bertz CT molecular complexity index is 897. The molecule has 0 spiro atoms. The molecule has 3 rings (SSSR count). The highest BCUT2D eigenvalue weighted by Crippen LogP contribution is 2.46. The molecule has 1 heterocycles. The van der Waals surface area contributed by atoms with Crippen LogP contribution < -0.4 is 10.6 Å². The number of likely N-dealkylation sites (N-methyl/N-ethyl adjacent to an activating group) is 2. The maximum absolute atomic E-state index is 13.4. The lowest BCUT2D eigenvalue weighted by Crippen LogP contribution is -2.42. The molecule has 2 N–H and O–H groups in total. The molecule has 0 radical (unpaired) electrons. The van der Waals surface area contributed by atoms with E-state index in [0.717, 1.165) is 16.8 Å². The van der Waals surface area contributed by atoms with Crippen LogP contribution in [0.15, 0.2) is 54.6 Å². The van der Waals surface area contributed by atoms with Crippen molar-refractivity contribution >= 4 is 23.4 Å². The Hall–Kier alpha value is -3.15. The van der Waals surface area contributed by atoms with E-state index in [-0.39, 0.29) is 24.8 Å². The molecule has 0 bridgehead atoms. The van der Waals surface area contributed by atoms with Crippen LogP contribution in [0, 0.1) is 0 Å². The van der Waals surface area contributed by atoms with E-state index in [1.54, 1.807) is 19.0 Å². The highest BCUT2D eigenvalue weighted by molar-refractivity contribution is 6.08. The second-order valence-electron chi connectivity index (χ2n) is 7.34.